The molecule has 0 radical (unpaired) electrons. The summed E-state index contributed by atoms with van der Waals surface area (Å²) < 4.78 is 0. The summed E-state index contributed by atoms with van der Waals surface area (Å²) in [6.45, 7) is 3.19. The number of carbonyl (C=O) groups is 3. The van der Waals surface area contributed by atoms with Gasteiger partial charge in [-0.1, -0.05) is 31.0 Å². The maximum absolute atomic E-state index is 13.3. The average Bonchev–Trinajstić information content (AvgIpc) is 3.11. The first-order chi connectivity index (χ1) is 15.1. The molecule has 0 bridgehead atoms. The molecule has 3 fully saturated rings. The van der Waals surface area contributed by atoms with Crippen LogP contribution in [0.25, 0.3) is 0 Å². The zero-order valence-corrected chi connectivity index (χ0v) is 18.0. The standard InChI is InChI=1S/C24H32N4O3/c29-20-9-8-18(22(30)27-20)28-14-17-6-3-5-16(21(17)23(28)31)13-25-15-24-10-2-1-7-19(24)26-12-4-11-24/h3,5-6,18-19,25-26H,1-2,4,7-15H2,(H,27,29,30)/t18?,19-,24+/m0/s1. The second-order valence-corrected chi connectivity index (χ2v) is 9.67. The summed E-state index contributed by atoms with van der Waals surface area (Å²) in [6.07, 6.45) is 8.34. The molecule has 1 saturated carbocycles. The summed E-state index contributed by atoms with van der Waals surface area (Å²) in [6, 6.07) is 6.04. The van der Waals surface area contributed by atoms with E-state index < -0.39 is 6.04 Å². The minimum absolute atomic E-state index is 0.0880. The summed E-state index contributed by atoms with van der Waals surface area (Å²) in [7, 11) is 0. The van der Waals surface area contributed by atoms with Crippen LogP contribution in [0.15, 0.2) is 18.2 Å². The van der Waals surface area contributed by atoms with E-state index in [-0.39, 0.29) is 24.1 Å². The molecule has 31 heavy (non-hydrogen) atoms. The number of carbonyl (C=O) groups excluding carboxylic acids is 3. The molecule has 1 aromatic carbocycles. The number of fused-ring (bicyclic) bond motifs is 2. The van der Waals surface area contributed by atoms with Gasteiger partial charge in [-0.05, 0) is 55.2 Å². The van der Waals surface area contributed by atoms with Crippen LogP contribution < -0.4 is 16.0 Å². The molecule has 7 nitrogen and oxygen atoms in total. The molecule has 3 amide bonds. The maximum Gasteiger partial charge on any atom is 0.255 e. The summed E-state index contributed by atoms with van der Waals surface area (Å²) >= 11 is 0. The van der Waals surface area contributed by atoms with Crippen molar-refractivity contribution in [2.45, 2.75) is 76.5 Å². The van der Waals surface area contributed by atoms with Crippen molar-refractivity contribution in [2.75, 3.05) is 13.1 Å². The van der Waals surface area contributed by atoms with Crippen LogP contribution in [-0.2, 0) is 22.7 Å². The summed E-state index contributed by atoms with van der Waals surface area (Å²) in [5.41, 5.74) is 3.04. The molecule has 0 spiro atoms. The summed E-state index contributed by atoms with van der Waals surface area (Å²) in [5.74, 6) is -0.702. The van der Waals surface area contributed by atoms with Gasteiger partial charge in [0.1, 0.15) is 6.04 Å². The van der Waals surface area contributed by atoms with Crippen LogP contribution in [0.2, 0.25) is 0 Å². The Morgan fingerprint density at radius 2 is 1.97 bits per heavy atom. The van der Waals surface area contributed by atoms with Gasteiger partial charge in [0.15, 0.2) is 0 Å². The van der Waals surface area contributed by atoms with Crippen LogP contribution in [0.4, 0.5) is 0 Å². The first-order valence-corrected chi connectivity index (χ1v) is 11.8. The van der Waals surface area contributed by atoms with E-state index in [9.17, 15) is 14.4 Å². The minimum atomic E-state index is -0.561. The first-order valence-electron chi connectivity index (χ1n) is 11.8. The molecule has 4 aliphatic rings. The van der Waals surface area contributed by atoms with Crippen LogP contribution in [0.3, 0.4) is 0 Å². The van der Waals surface area contributed by atoms with Crippen molar-refractivity contribution in [1.29, 1.82) is 0 Å². The minimum Gasteiger partial charge on any atom is -0.322 e. The number of rotatable bonds is 5. The van der Waals surface area contributed by atoms with Crippen LogP contribution in [0, 0.1) is 5.41 Å². The molecule has 1 aromatic rings. The third kappa shape index (κ3) is 3.78. The molecule has 3 N–H and O–H groups in total. The van der Waals surface area contributed by atoms with E-state index in [0.29, 0.717) is 31.0 Å². The van der Waals surface area contributed by atoms with Crippen molar-refractivity contribution in [2.24, 2.45) is 5.41 Å². The van der Waals surface area contributed by atoms with Gasteiger partial charge in [-0.15, -0.1) is 0 Å². The Kier molecular flexibility index (Phi) is 5.56. The Labute approximate surface area is 183 Å². The predicted octanol–water partition coefficient (Wildman–Crippen LogP) is 1.85. The van der Waals surface area contributed by atoms with Gasteiger partial charge < -0.3 is 15.5 Å². The van der Waals surface area contributed by atoms with Crippen LogP contribution in [-0.4, -0.2) is 47.8 Å². The van der Waals surface area contributed by atoms with Crippen molar-refractivity contribution < 1.29 is 14.4 Å². The van der Waals surface area contributed by atoms with Gasteiger partial charge in [0.05, 0.1) is 0 Å². The van der Waals surface area contributed by atoms with Gasteiger partial charge >= 0.3 is 0 Å². The van der Waals surface area contributed by atoms with Crippen LogP contribution in [0.1, 0.15) is 72.9 Å². The smallest absolute Gasteiger partial charge is 0.255 e. The van der Waals surface area contributed by atoms with E-state index in [1.165, 1.54) is 38.5 Å². The van der Waals surface area contributed by atoms with Gasteiger partial charge in [0.2, 0.25) is 11.8 Å². The van der Waals surface area contributed by atoms with Gasteiger partial charge in [-0.3, -0.25) is 19.7 Å². The quantitative estimate of drug-likeness (QED) is 0.628. The van der Waals surface area contributed by atoms with Gasteiger partial charge in [0, 0.05) is 37.7 Å². The summed E-state index contributed by atoms with van der Waals surface area (Å²) in [4.78, 5) is 38.7. The topological polar surface area (TPSA) is 90.5 Å². The van der Waals surface area contributed by atoms with Crippen molar-refractivity contribution in [1.82, 2.24) is 20.9 Å². The lowest BCUT2D eigenvalue weighted by atomic mass is 9.66. The van der Waals surface area contributed by atoms with Crippen LogP contribution in [0.5, 0.6) is 0 Å². The van der Waals surface area contributed by atoms with Gasteiger partial charge in [0.25, 0.3) is 5.91 Å². The molecular weight excluding hydrogens is 392 g/mol. The number of amides is 3. The number of nitrogens with zero attached hydrogens (tertiary/aromatic N) is 1. The average molecular weight is 425 g/mol. The van der Waals surface area contributed by atoms with Crippen molar-refractivity contribution in [3.8, 4) is 0 Å². The van der Waals surface area contributed by atoms with E-state index in [4.69, 9.17) is 0 Å². The van der Waals surface area contributed by atoms with Crippen LogP contribution >= 0.6 is 0 Å². The molecule has 166 valence electrons. The van der Waals surface area contributed by atoms with Crippen molar-refractivity contribution >= 4 is 17.7 Å². The zero-order valence-electron chi connectivity index (χ0n) is 18.0. The lowest BCUT2D eigenvalue weighted by Crippen LogP contribution is -2.55. The van der Waals surface area contributed by atoms with Crippen molar-refractivity contribution in [3.63, 3.8) is 0 Å². The molecule has 3 heterocycles. The SMILES string of the molecule is O=C1CCC(N2Cc3cccc(CNC[C@]45CCCC[C@@H]4NCCC5)c3C2=O)C(=O)N1. The van der Waals surface area contributed by atoms with E-state index in [0.717, 1.165) is 29.8 Å². The zero-order chi connectivity index (χ0) is 21.4. The largest absolute Gasteiger partial charge is 0.322 e. The number of piperidine rings is 2. The fraction of sp³-hybridized carbons (Fsp3) is 0.625. The van der Waals surface area contributed by atoms with E-state index >= 15 is 0 Å². The number of hydrogen-bond donors (Lipinski definition) is 3. The Balaban J connectivity index is 1.28. The number of nitrogens with one attached hydrogen (secondary N) is 3. The Morgan fingerprint density at radius 3 is 2.84 bits per heavy atom. The van der Waals surface area contributed by atoms with Crippen molar-refractivity contribution in [3.05, 3.63) is 34.9 Å². The maximum atomic E-state index is 13.3. The third-order valence-corrected chi connectivity index (χ3v) is 7.83. The molecule has 3 atom stereocenters. The fourth-order valence-electron chi connectivity index (χ4n) is 6.22. The number of imide groups is 1. The number of benzene rings is 1. The highest BCUT2D eigenvalue weighted by Gasteiger charge is 2.42. The first kappa shape index (κ1) is 20.6. The van der Waals surface area contributed by atoms with E-state index in [1.54, 1.807) is 4.90 Å². The summed E-state index contributed by atoms with van der Waals surface area (Å²) in [5, 5.41) is 9.81. The molecule has 0 aromatic heterocycles. The molecule has 7 heteroatoms. The highest BCUT2D eigenvalue weighted by Crippen LogP contribution is 2.42. The van der Waals surface area contributed by atoms with Gasteiger partial charge in [-0.25, -0.2) is 0 Å². The highest BCUT2D eigenvalue weighted by atomic mass is 16.2. The fourth-order valence-corrected chi connectivity index (χ4v) is 6.22. The molecular formula is C24H32N4O3. The Hall–Kier alpha value is -2.25. The van der Waals surface area contributed by atoms with Gasteiger partial charge in [-0.2, -0.15) is 0 Å². The lowest BCUT2D eigenvalue weighted by molar-refractivity contribution is -0.136. The highest BCUT2D eigenvalue weighted by molar-refractivity contribution is 6.05. The van der Waals surface area contributed by atoms with E-state index in [2.05, 4.69) is 16.0 Å². The molecule has 2 saturated heterocycles. The second-order valence-electron chi connectivity index (χ2n) is 9.67. The Morgan fingerprint density at radius 1 is 1.10 bits per heavy atom. The normalized spacial score (nSPS) is 30.7. The molecule has 3 aliphatic heterocycles. The van der Waals surface area contributed by atoms with E-state index in [1.807, 2.05) is 18.2 Å². The monoisotopic (exact) mass is 424 g/mol. The molecule has 1 aliphatic carbocycles. The second kappa shape index (κ2) is 8.36. The number of hydrogen-bond acceptors (Lipinski definition) is 5. The molecule has 1 unspecified atom stereocenters. The third-order valence-electron chi connectivity index (χ3n) is 7.83. The molecule has 5 rings (SSSR count). The predicted molar refractivity (Wildman–Crippen MR) is 116 cm³/mol. The Bertz CT molecular complexity index is 887. The lowest BCUT2D eigenvalue weighted by Gasteiger charge is -2.48.